The second-order valence-corrected chi connectivity index (χ2v) is 10.5. The summed E-state index contributed by atoms with van der Waals surface area (Å²) in [6, 6.07) is 15.9. The van der Waals surface area contributed by atoms with Crippen LogP contribution < -0.4 is 16.6 Å². The Kier molecular flexibility index (Phi) is 6.81. The van der Waals surface area contributed by atoms with Crippen LogP contribution in [0.15, 0.2) is 70.1 Å². The molecule has 0 aliphatic carbocycles. The molecule has 3 N–H and O–H groups in total. The van der Waals surface area contributed by atoms with Crippen LogP contribution in [0.3, 0.4) is 0 Å². The summed E-state index contributed by atoms with van der Waals surface area (Å²) in [4.78, 5) is 29.4. The van der Waals surface area contributed by atoms with Crippen molar-refractivity contribution in [2.45, 2.75) is 39.2 Å². The molecular weight excluding hydrogens is 502 g/mol. The molecular formula is C31H33N7O2. The lowest BCUT2D eigenvalue weighted by Crippen LogP contribution is -2.29. The molecule has 0 saturated carbocycles. The molecule has 204 valence electrons. The Morgan fingerprint density at radius 2 is 1.80 bits per heavy atom. The van der Waals surface area contributed by atoms with E-state index < -0.39 is 0 Å². The van der Waals surface area contributed by atoms with Gasteiger partial charge < -0.3 is 20.4 Å². The minimum Gasteiger partial charge on any atom is -0.441 e. The van der Waals surface area contributed by atoms with Crippen LogP contribution in [-0.2, 0) is 6.54 Å². The molecule has 1 aliphatic heterocycles. The third kappa shape index (κ3) is 4.96. The van der Waals surface area contributed by atoms with Crippen LogP contribution in [0.4, 0.5) is 17.3 Å². The number of hydrogen-bond acceptors (Lipinski definition) is 8. The van der Waals surface area contributed by atoms with Crippen LogP contribution in [0.25, 0.3) is 33.5 Å². The van der Waals surface area contributed by atoms with E-state index in [1.807, 2.05) is 25.1 Å². The van der Waals surface area contributed by atoms with Gasteiger partial charge >= 0.3 is 0 Å². The molecule has 9 nitrogen and oxygen atoms in total. The number of piperidine rings is 1. The third-order valence-electron chi connectivity index (χ3n) is 7.75. The summed E-state index contributed by atoms with van der Waals surface area (Å²) in [6.45, 7) is 6.45. The molecule has 2 aromatic carbocycles. The van der Waals surface area contributed by atoms with Gasteiger partial charge in [0.15, 0.2) is 11.7 Å². The number of anilines is 3. The van der Waals surface area contributed by atoms with Gasteiger partial charge in [0.05, 0.1) is 11.8 Å². The van der Waals surface area contributed by atoms with Gasteiger partial charge in [-0.25, -0.2) is 9.97 Å². The van der Waals surface area contributed by atoms with Gasteiger partial charge in [0.25, 0.3) is 5.56 Å². The number of nitrogen functional groups attached to an aromatic ring is 1. The van der Waals surface area contributed by atoms with Crippen LogP contribution >= 0.6 is 0 Å². The number of hydrogen-bond donors (Lipinski definition) is 2. The minimum absolute atomic E-state index is 0.155. The molecule has 3 aromatic heterocycles. The first-order valence-corrected chi connectivity index (χ1v) is 13.7. The smallest absolute Gasteiger partial charge is 0.260 e. The number of fused-ring (bicyclic) bond motifs is 1. The molecule has 0 amide bonds. The maximum atomic E-state index is 13.6. The minimum atomic E-state index is -0.155. The van der Waals surface area contributed by atoms with Crippen molar-refractivity contribution in [2.75, 3.05) is 31.2 Å². The predicted octanol–water partition coefficient (Wildman–Crippen LogP) is 5.58. The van der Waals surface area contributed by atoms with Crippen molar-refractivity contribution in [3.63, 3.8) is 0 Å². The standard InChI is InChI=1S/C31H33N7O2/c1-4-38-29-23(15-26(30(38)39)25-10-7-22(16-27(25)32)28-18-33-19(2)40-28)17-34-31(36-29)35-24-8-5-20(6-9-24)21-11-13-37(3)14-12-21/h5-10,15-18,21H,4,11-14,32H2,1-3H3,(H,34,35,36). The summed E-state index contributed by atoms with van der Waals surface area (Å²) in [7, 11) is 2.18. The lowest BCUT2D eigenvalue weighted by molar-refractivity contribution is 0.255. The number of benzene rings is 2. The van der Waals surface area contributed by atoms with Gasteiger partial charge in [-0.1, -0.05) is 24.3 Å². The molecule has 0 spiro atoms. The molecule has 1 fully saturated rings. The van der Waals surface area contributed by atoms with E-state index in [1.54, 1.807) is 30.0 Å². The fourth-order valence-corrected chi connectivity index (χ4v) is 5.47. The number of likely N-dealkylation sites (tertiary alicyclic amines) is 1. The monoisotopic (exact) mass is 535 g/mol. The average molecular weight is 536 g/mol. The van der Waals surface area contributed by atoms with Crippen LogP contribution in [0.1, 0.15) is 37.1 Å². The highest BCUT2D eigenvalue weighted by Gasteiger charge is 2.19. The Morgan fingerprint density at radius 1 is 1.02 bits per heavy atom. The second kappa shape index (κ2) is 10.6. The summed E-state index contributed by atoms with van der Waals surface area (Å²) in [6.07, 6.45) is 5.78. The quantitative estimate of drug-likeness (QED) is 0.271. The normalized spacial score (nSPS) is 14.6. The number of nitrogens with two attached hydrogens (primary N) is 1. The molecule has 40 heavy (non-hydrogen) atoms. The van der Waals surface area contributed by atoms with Gasteiger partial charge in [0.1, 0.15) is 5.65 Å². The van der Waals surface area contributed by atoms with E-state index in [0.29, 0.717) is 52.5 Å². The molecule has 1 aliphatic rings. The van der Waals surface area contributed by atoms with E-state index in [1.165, 1.54) is 18.4 Å². The fourth-order valence-electron chi connectivity index (χ4n) is 5.47. The lowest BCUT2D eigenvalue weighted by Gasteiger charge is -2.29. The van der Waals surface area contributed by atoms with Gasteiger partial charge in [-0.15, -0.1) is 0 Å². The molecule has 1 saturated heterocycles. The second-order valence-electron chi connectivity index (χ2n) is 10.5. The summed E-state index contributed by atoms with van der Waals surface area (Å²) >= 11 is 0. The van der Waals surface area contributed by atoms with Crippen molar-refractivity contribution in [1.82, 2.24) is 24.4 Å². The number of nitrogens with zero attached hydrogens (tertiary/aromatic N) is 5. The summed E-state index contributed by atoms with van der Waals surface area (Å²) in [5.74, 6) is 2.26. The van der Waals surface area contributed by atoms with Crippen molar-refractivity contribution in [1.29, 1.82) is 0 Å². The molecule has 6 rings (SSSR count). The van der Waals surface area contributed by atoms with E-state index in [-0.39, 0.29) is 5.56 Å². The van der Waals surface area contributed by atoms with Crippen molar-refractivity contribution in [3.8, 4) is 22.5 Å². The zero-order valence-corrected chi connectivity index (χ0v) is 23.0. The first kappa shape index (κ1) is 25.8. The Bertz CT molecular complexity index is 1730. The maximum absolute atomic E-state index is 13.6. The van der Waals surface area contributed by atoms with E-state index in [2.05, 4.69) is 51.5 Å². The van der Waals surface area contributed by atoms with E-state index in [4.69, 9.17) is 15.1 Å². The number of aromatic nitrogens is 4. The topological polar surface area (TPSA) is 115 Å². The lowest BCUT2D eigenvalue weighted by atomic mass is 9.89. The molecule has 4 heterocycles. The van der Waals surface area contributed by atoms with Crippen molar-refractivity contribution in [3.05, 3.63) is 82.7 Å². The van der Waals surface area contributed by atoms with Gasteiger partial charge in [-0.05, 0) is 75.6 Å². The van der Waals surface area contributed by atoms with Crippen LogP contribution in [-0.4, -0.2) is 44.6 Å². The first-order chi connectivity index (χ1) is 19.4. The van der Waals surface area contributed by atoms with Crippen molar-refractivity contribution in [2.24, 2.45) is 0 Å². The van der Waals surface area contributed by atoms with Gasteiger partial charge in [-0.3, -0.25) is 9.36 Å². The SMILES string of the molecule is CCn1c(=O)c(-c2ccc(-c3cnc(C)o3)cc2N)cc2cnc(Nc3ccc(C4CCN(C)CC4)cc3)nc21. The van der Waals surface area contributed by atoms with E-state index >= 15 is 0 Å². The molecule has 0 unspecified atom stereocenters. The van der Waals surface area contributed by atoms with Crippen LogP contribution in [0, 0.1) is 6.92 Å². The average Bonchev–Trinajstić information content (AvgIpc) is 3.40. The molecule has 0 bridgehead atoms. The highest BCUT2D eigenvalue weighted by atomic mass is 16.4. The Labute approximate surface area is 232 Å². The summed E-state index contributed by atoms with van der Waals surface area (Å²) < 4.78 is 7.28. The van der Waals surface area contributed by atoms with Gasteiger partial charge in [0.2, 0.25) is 5.95 Å². The van der Waals surface area contributed by atoms with E-state index in [9.17, 15) is 4.79 Å². The number of rotatable bonds is 6. The van der Waals surface area contributed by atoms with Crippen molar-refractivity contribution >= 4 is 28.4 Å². The molecule has 0 radical (unpaired) electrons. The van der Waals surface area contributed by atoms with Gasteiger partial charge in [-0.2, -0.15) is 4.98 Å². The fraction of sp³-hybridized carbons (Fsp3) is 0.290. The molecule has 5 aromatic rings. The zero-order chi connectivity index (χ0) is 27.8. The molecule has 0 atom stereocenters. The summed E-state index contributed by atoms with van der Waals surface area (Å²) in [5.41, 5.74) is 11.6. The van der Waals surface area contributed by atoms with Crippen LogP contribution in [0.5, 0.6) is 0 Å². The maximum Gasteiger partial charge on any atom is 0.260 e. The molecule has 9 heteroatoms. The Morgan fingerprint density at radius 3 is 2.48 bits per heavy atom. The Hall–Kier alpha value is -4.50. The van der Waals surface area contributed by atoms with Crippen molar-refractivity contribution < 1.29 is 4.42 Å². The number of pyridine rings is 1. The number of nitrogens with one attached hydrogen (secondary N) is 1. The third-order valence-corrected chi connectivity index (χ3v) is 7.75. The largest absolute Gasteiger partial charge is 0.441 e. The Balaban J connectivity index is 1.28. The first-order valence-electron chi connectivity index (χ1n) is 13.7. The summed E-state index contributed by atoms with van der Waals surface area (Å²) in [5, 5.41) is 4.06. The zero-order valence-electron chi connectivity index (χ0n) is 23.0. The highest BCUT2D eigenvalue weighted by Crippen LogP contribution is 2.32. The number of oxazole rings is 1. The van der Waals surface area contributed by atoms with Crippen LogP contribution in [0.2, 0.25) is 0 Å². The number of aryl methyl sites for hydroxylation is 2. The van der Waals surface area contributed by atoms with Gasteiger partial charge in [0, 0.05) is 47.6 Å². The highest BCUT2D eigenvalue weighted by molar-refractivity contribution is 5.86. The van der Waals surface area contributed by atoms with E-state index in [0.717, 1.165) is 29.7 Å². The predicted molar refractivity (Wildman–Crippen MR) is 159 cm³/mol.